The SMILES string of the molecule is C=C1C=CC2=C(CC3C=C(C)CC2(N=C/C(C)=C/c2ccccc2)/C3=C/C)N1. The number of fused-ring (bicyclic) bond motifs is 3. The third kappa shape index (κ3) is 3.24. The van der Waals surface area contributed by atoms with Crippen LogP contribution in [0, 0.1) is 5.92 Å². The predicted octanol–water partition coefficient (Wildman–Crippen LogP) is 6.14. The van der Waals surface area contributed by atoms with Crippen molar-refractivity contribution in [2.24, 2.45) is 10.9 Å². The number of nitrogens with zero attached hydrogens (tertiary/aromatic N) is 1. The normalized spacial score (nSPS) is 28.5. The Morgan fingerprint density at radius 2 is 2.04 bits per heavy atom. The number of hydrogen-bond donors (Lipinski definition) is 1. The second-order valence-corrected chi connectivity index (χ2v) is 8.04. The van der Waals surface area contributed by atoms with Crippen LogP contribution in [-0.2, 0) is 0 Å². The molecule has 2 atom stereocenters. The topological polar surface area (TPSA) is 24.4 Å². The Kier molecular flexibility index (Phi) is 4.80. The van der Waals surface area contributed by atoms with Gasteiger partial charge in [0.15, 0.2) is 0 Å². The summed E-state index contributed by atoms with van der Waals surface area (Å²) in [5, 5.41) is 3.51. The maximum Gasteiger partial charge on any atom is 0.112 e. The van der Waals surface area contributed by atoms with Gasteiger partial charge in [0, 0.05) is 35.5 Å². The van der Waals surface area contributed by atoms with Gasteiger partial charge in [0.1, 0.15) is 5.54 Å². The monoisotopic (exact) mass is 368 g/mol. The molecule has 0 fully saturated rings. The molecule has 2 aliphatic carbocycles. The molecule has 4 rings (SSSR count). The number of allylic oxidation sites excluding steroid dienone is 5. The molecule has 1 heterocycles. The van der Waals surface area contributed by atoms with E-state index in [1.807, 2.05) is 6.07 Å². The molecule has 1 N–H and O–H groups in total. The molecule has 0 amide bonds. The Hall–Kier alpha value is -2.87. The smallest absolute Gasteiger partial charge is 0.112 e. The molecule has 2 nitrogen and oxygen atoms in total. The lowest BCUT2D eigenvalue weighted by atomic mass is 9.62. The molecule has 0 aromatic heterocycles. The fourth-order valence-corrected chi connectivity index (χ4v) is 4.78. The number of aliphatic imine (C=N–C) groups is 1. The van der Waals surface area contributed by atoms with E-state index >= 15 is 0 Å². The van der Waals surface area contributed by atoms with Crippen LogP contribution in [0.2, 0.25) is 0 Å². The molecule has 28 heavy (non-hydrogen) atoms. The summed E-state index contributed by atoms with van der Waals surface area (Å²) in [4.78, 5) is 5.26. The zero-order chi connectivity index (χ0) is 19.7. The van der Waals surface area contributed by atoms with Gasteiger partial charge in [0.05, 0.1) is 0 Å². The van der Waals surface area contributed by atoms with E-state index in [9.17, 15) is 0 Å². The van der Waals surface area contributed by atoms with E-state index in [1.54, 1.807) is 0 Å². The average molecular weight is 369 g/mol. The molecule has 2 heteroatoms. The van der Waals surface area contributed by atoms with Gasteiger partial charge in [-0.1, -0.05) is 66.8 Å². The molecule has 0 saturated carbocycles. The zero-order valence-electron chi connectivity index (χ0n) is 17.0. The van der Waals surface area contributed by atoms with E-state index < -0.39 is 0 Å². The zero-order valence-corrected chi connectivity index (χ0v) is 17.0. The van der Waals surface area contributed by atoms with Crippen molar-refractivity contribution in [1.82, 2.24) is 5.32 Å². The number of benzene rings is 1. The van der Waals surface area contributed by atoms with E-state index in [-0.39, 0.29) is 5.54 Å². The highest BCUT2D eigenvalue weighted by Crippen LogP contribution is 2.52. The van der Waals surface area contributed by atoms with Gasteiger partial charge in [-0.05, 0) is 50.0 Å². The number of nitrogens with one attached hydrogen (secondary N) is 1. The summed E-state index contributed by atoms with van der Waals surface area (Å²) in [7, 11) is 0. The van der Waals surface area contributed by atoms with Gasteiger partial charge in [-0.3, -0.25) is 4.99 Å². The van der Waals surface area contributed by atoms with E-state index in [2.05, 4.69) is 93.5 Å². The van der Waals surface area contributed by atoms with Crippen molar-refractivity contribution in [2.75, 3.05) is 0 Å². The van der Waals surface area contributed by atoms with Gasteiger partial charge in [0.25, 0.3) is 0 Å². The molecule has 1 aromatic carbocycles. The molecule has 1 aromatic rings. The number of dihydropyridines is 1. The second kappa shape index (κ2) is 7.27. The summed E-state index contributed by atoms with van der Waals surface area (Å²) in [5.74, 6) is 0.403. The fourth-order valence-electron chi connectivity index (χ4n) is 4.78. The Bertz CT molecular complexity index is 983. The summed E-state index contributed by atoms with van der Waals surface area (Å²) >= 11 is 0. The molecule has 2 unspecified atom stereocenters. The van der Waals surface area contributed by atoms with E-state index in [0.29, 0.717) is 5.92 Å². The lowest BCUT2D eigenvalue weighted by Crippen LogP contribution is -2.44. The van der Waals surface area contributed by atoms with Crippen molar-refractivity contribution in [3.8, 4) is 0 Å². The first kappa shape index (κ1) is 18.5. The van der Waals surface area contributed by atoms with E-state index in [0.717, 1.165) is 24.1 Å². The van der Waals surface area contributed by atoms with Crippen molar-refractivity contribution in [3.63, 3.8) is 0 Å². The summed E-state index contributed by atoms with van der Waals surface area (Å²) in [6, 6.07) is 10.4. The third-order valence-corrected chi connectivity index (χ3v) is 5.85. The van der Waals surface area contributed by atoms with Crippen molar-refractivity contribution in [3.05, 3.63) is 100 Å². The van der Waals surface area contributed by atoms with Gasteiger partial charge in [-0.2, -0.15) is 0 Å². The molecule has 0 saturated heterocycles. The molecular formula is C26H28N2. The molecule has 1 aliphatic heterocycles. The standard InChI is InChI=1S/C26H28N2/c1-5-23-22-14-18(2)16-26(23,24-12-11-20(4)28-25(24)15-22)27-17-19(3)13-21-9-7-6-8-10-21/h5-14,17,22,28H,4,15-16H2,1-3H3/b19-13+,23-5+,27-17?. The predicted molar refractivity (Wildman–Crippen MR) is 120 cm³/mol. The maximum absolute atomic E-state index is 5.26. The molecule has 2 bridgehead atoms. The van der Waals surface area contributed by atoms with Gasteiger partial charge >= 0.3 is 0 Å². The van der Waals surface area contributed by atoms with Gasteiger partial charge < -0.3 is 5.32 Å². The summed E-state index contributed by atoms with van der Waals surface area (Å²) in [6.45, 7) is 10.6. The Labute approximate surface area is 168 Å². The maximum atomic E-state index is 5.26. The summed E-state index contributed by atoms with van der Waals surface area (Å²) in [5.41, 5.74) is 8.40. The van der Waals surface area contributed by atoms with Gasteiger partial charge in [-0.25, -0.2) is 0 Å². The van der Waals surface area contributed by atoms with E-state index in [4.69, 9.17) is 4.99 Å². The Balaban J connectivity index is 1.79. The minimum atomic E-state index is -0.318. The first-order valence-corrected chi connectivity index (χ1v) is 10.0. The minimum absolute atomic E-state index is 0.318. The average Bonchev–Trinajstić information content (AvgIpc) is 2.66. The van der Waals surface area contributed by atoms with Crippen molar-refractivity contribution in [2.45, 2.75) is 39.2 Å². The lowest BCUT2D eigenvalue weighted by molar-refractivity contribution is 0.453. The molecule has 142 valence electrons. The van der Waals surface area contributed by atoms with Crippen LogP contribution < -0.4 is 5.32 Å². The molecule has 0 radical (unpaired) electrons. The van der Waals surface area contributed by atoms with Crippen molar-refractivity contribution in [1.29, 1.82) is 0 Å². The van der Waals surface area contributed by atoms with E-state index in [1.165, 1.54) is 28.0 Å². The first-order chi connectivity index (χ1) is 13.5. The molecule has 3 aliphatic rings. The molecular weight excluding hydrogens is 340 g/mol. The van der Waals surface area contributed by atoms with Crippen LogP contribution in [0.4, 0.5) is 0 Å². The van der Waals surface area contributed by atoms with Crippen LogP contribution in [0.3, 0.4) is 0 Å². The van der Waals surface area contributed by atoms with Crippen LogP contribution in [0.5, 0.6) is 0 Å². The molecule has 0 spiro atoms. The quantitative estimate of drug-likeness (QED) is 0.503. The highest BCUT2D eigenvalue weighted by atomic mass is 15.0. The Morgan fingerprint density at radius 3 is 2.79 bits per heavy atom. The second-order valence-electron chi connectivity index (χ2n) is 8.04. The highest BCUT2D eigenvalue weighted by Gasteiger charge is 2.47. The van der Waals surface area contributed by atoms with Crippen LogP contribution in [0.15, 0.2) is 99.9 Å². The van der Waals surface area contributed by atoms with Crippen LogP contribution in [-0.4, -0.2) is 11.8 Å². The van der Waals surface area contributed by atoms with Crippen molar-refractivity contribution < 1.29 is 0 Å². The number of hydrogen-bond acceptors (Lipinski definition) is 2. The summed E-state index contributed by atoms with van der Waals surface area (Å²) < 4.78 is 0. The highest BCUT2D eigenvalue weighted by molar-refractivity contribution is 5.86. The summed E-state index contributed by atoms with van der Waals surface area (Å²) in [6.07, 6.45) is 15.2. The number of rotatable bonds is 3. The van der Waals surface area contributed by atoms with Crippen LogP contribution >= 0.6 is 0 Å². The Morgan fingerprint density at radius 1 is 1.25 bits per heavy atom. The lowest BCUT2D eigenvalue weighted by Gasteiger charge is -2.47. The largest absolute Gasteiger partial charge is 0.359 e. The van der Waals surface area contributed by atoms with Crippen LogP contribution in [0.1, 0.15) is 39.2 Å². The fraction of sp³-hybridized carbons (Fsp3) is 0.269. The van der Waals surface area contributed by atoms with Crippen LogP contribution in [0.25, 0.3) is 6.08 Å². The minimum Gasteiger partial charge on any atom is -0.359 e. The third-order valence-electron chi connectivity index (χ3n) is 5.85. The van der Waals surface area contributed by atoms with Crippen molar-refractivity contribution >= 4 is 12.3 Å². The van der Waals surface area contributed by atoms with Gasteiger partial charge in [-0.15, -0.1) is 0 Å². The van der Waals surface area contributed by atoms with Gasteiger partial charge in [0.2, 0.25) is 0 Å². The first-order valence-electron chi connectivity index (χ1n) is 10.0.